The van der Waals surface area contributed by atoms with Gasteiger partial charge in [0.25, 0.3) is 0 Å². The fraction of sp³-hybridized carbons (Fsp3) is 0.286. The topological polar surface area (TPSA) is 112 Å². The van der Waals surface area contributed by atoms with Gasteiger partial charge in [0.1, 0.15) is 12.1 Å². The lowest BCUT2D eigenvalue weighted by Gasteiger charge is -2.27. The Balaban J connectivity index is 2.11. The summed E-state index contributed by atoms with van der Waals surface area (Å²) in [6.07, 6.45) is 0.275. The Bertz CT molecular complexity index is 708. The molecule has 0 fully saturated rings. The highest BCUT2D eigenvalue weighted by Crippen LogP contribution is 2.32. The Hall–Kier alpha value is -2.38. The minimum absolute atomic E-state index is 0.275. The summed E-state index contributed by atoms with van der Waals surface area (Å²) in [5.74, 6) is -1.75. The van der Waals surface area contributed by atoms with E-state index in [0.29, 0.717) is 5.69 Å². The number of hydrogen-bond donors (Lipinski definition) is 4. The van der Waals surface area contributed by atoms with E-state index in [4.69, 9.17) is 5.11 Å². The summed E-state index contributed by atoms with van der Waals surface area (Å²) in [6, 6.07) is 5.63. The molecule has 7 heteroatoms. The number of carboxylic acids is 1. The number of H-pyrrole nitrogens is 1. The highest BCUT2D eigenvalue weighted by Gasteiger charge is 2.37. The van der Waals surface area contributed by atoms with Gasteiger partial charge in [-0.25, -0.2) is 4.79 Å². The molecule has 1 aliphatic rings. The normalized spacial score (nSPS) is 21.0. The van der Waals surface area contributed by atoms with E-state index in [1.165, 1.54) is 0 Å². The molecule has 3 rings (SSSR count). The molecular formula is C14H14N2O5. The van der Waals surface area contributed by atoms with Gasteiger partial charge in [-0.05, 0) is 11.6 Å². The van der Waals surface area contributed by atoms with Crippen molar-refractivity contribution in [2.45, 2.75) is 18.5 Å². The molecule has 1 aromatic heterocycles. The number of hydrogen-bond acceptors (Lipinski definition) is 5. The summed E-state index contributed by atoms with van der Waals surface area (Å²) in [4.78, 5) is 26.3. The molecule has 0 saturated carbocycles. The lowest BCUT2D eigenvalue weighted by Crippen LogP contribution is -2.47. The number of aromatic nitrogens is 1. The molecule has 7 nitrogen and oxygen atoms in total. The van der Waals surface area contributed by atoms with Crippen molar-refractivity contribution in [1.82, 2.24) is 10.3 Å². The average molecular weight is 290 g/mol. The first kappa shape index (κ1) is 13.6. The lowest BCUT2D eigenvalue weighted by molar-refractivity contribution is -0.155. The van der Waals surface area contributed by atoms with Gasteiger partial charge in [-0.2, -0.15) is 0 Å². The maximum Gasteiger partial charge on any atom is 0.331 e. The van der Waals surface area contributed by atoms with Gasteiger partial charge in [0.15, 0.2) is 6.79 Å². The standard InChI is InChI=1S/C14H14N2O5/c17-6-21-14(20)12-11-8(5-10(16-12)13(18)19)7-3-1-2-4-9(7)15-11/h1-4,10,12,15-17H,5-6H2,(H,18,19). The molecule has 1 aliphatic heterocycles. The van der Waals surface area contributed by atoms with Crippen LogP contribution >= 0.6 is 0 Å². The Morgan fingerprint density at radius 3 is 2.81 bits per heavy atom. The van der Waals surface area contributed by atoms with Crippen molar-refractivity contribution in [3.63, 3.8) is 0 Å². The Morgan fingerprint density at radius 2 is 2.10 bits per heavy atom. The maximum atomic E-state index is 11.9. The third-order valence-electron chi connectivity index (χ3n) is 3.65. The second kappa shape index (κ2) is 5.19. The second-order valence-corrected chi connectivity index (χ2v) is 4.85. The van der Waals surface area contributed by atoms with Gasteiger partial charge in [-0.15, -0.1) is 0 Å². The molecule has 1 aromatic carbocycles. The van der Waals surface area contributed by atoms with Crippen LogP contribution in [0.3, 0.4) is 0 Å². The van der Waals surface area contributed by atoms with Crippen LogP contribution in [0, 0.1) is 0 Å². The van der Waals surface area contributed by atoms with Crippen molar-refractivity contribution in [2.75, 3.05) is 6.79 Å². The molecule has 0 spiro atoms. The number of carboxylic acid groups (broad SMARTS) is 1. The predicted molar refractivity (Wildman–Crippen MR) is 72.5 cm³/mol. The predicted octanol–water partition coefficient (Wildman–Crippen LogP) is 0.301. The summed E-state index contributed by atoms with van der Waals surface area (Å²) in [5.41, 5.74) is 2.21. The summed E-state index contributed by atoms with van der Waals surface area (Å²) < 4.78 is 4.60. The zero-order valence-corrected chi connectivity index (χ0v) is 11.0. The molecule has 2 unspecified atom stereocenters. The number of aliphatic hydroxyl groups excluding tert-OH is 1. The minimum Gasteiger partial charge on any atom is -0.480 e. The molecule has 21 heavy (non-hydrogen) atoms. The molecule has 0 saturated heterocycles. The smallest absolute Gasteiger partial charge is 0.331 e. The van der Waals surface area contributed by atoms with Gasteiger partial charge in [0.05, 0.1) is 0 Å². The molecule has 0 radical (unpaired) electrons. The van der Waals surface area contributed by atoms with Crippen LogP contribution in [0.2, 0.25) is 0 Å². The van der Waals surface area contributed by atoms with Crippen LogP contribution in [0.5, 0.6) is 0 Å². The average Bonchev–Trinajstić information content (AvgIpc) is 2.85. The van der Waals surface area contributed by atoms with Crippen molar-refractivity contribution in [1.29, 1.82) is 0 Å². The molecule has 110 valence electrons. The van der Waals surface area contributed by atoms with Crippen molar-refractivity contribution in [2.24, 2.45) is 0 Å². The molecule has 2 aromatic rings. The number of aliphatic hydroxyl groups is 1. The highest BCUT2D eigenvalue weighted by atomic mass is 16.6. The summed E-state index contributed by atoms with van der Waals surface area (Å²) in [7, 11) is 0. The van der Waals surface area contributed by atoms with Crippen molar-refractivity contribution in [3.8, 4) is 0 Å². The van der Waals surface area contributed by atoms with E-state index in [2.05, 4.69) is 15.0 Å². The van der Waals surface area contributed by atoms with Gasteiger partial charge < -0.3 is 19.9 Å². The number of benzene rings is 1. The van der Waals surface area contributed by atoms with E-state index in [1.54, 1.807) is 0 Å². The first-order valence-corrected chi connectivity index (χ1v) is 6.47. The maximum absolute atomic E-state index is 11.9. The number of fused-ring (bicyclic) bond motifs is 3. The third-order valence-corrected chi connectivity index (χ3v) is 3.65. The van der Waals surface area contributed by atoms with E-state index in [-0.39, 0.29) is 6.42 Å². The van der Waals surface area contributed by atoms with Crippen LogP contribution in [0.25, 0.3) is 10.9 Å². The first-order chi connectivity index (χ1) is 10.1. The van der Waals surface area contributed by atoms with Crippen LogP contribution in [-0.4, -0.2) is 40.0 Å². The van der Waals surface area contributed by atoms with Crippen LogP contribution in [0.1, 0.15) is 17.3 Å². The number of para-hydroxylation sites is 1. The Labute approximate surface area is 119 Å². The fourth-order valence-electron chi connectivity index (χ4n) is 2.73. The number of ether oxygens (including phenoxy) is 1. The molecule has 4 N–H and O–H groups in total. The number of esters is 1. The van der Waals surface area contributed by atoms with E-state index in [1.807, 2.05) is 24.3 Å². The molecule has 0 bridgehead atoms. The molecule has 2 atom stereocenters. The number of aromatic amines is 1. The first-order valence-electron chi connectivity index (χ1n) is 6.47. The fourth-order valence-corrected chi connectivity index (χ4v) is 2.73. The van der Waals surface area contributed by atoms with Crippen molar-refractivity contribution in [3.05, 3.63) is 35.5 Å². The molecular weight excluding hydrogens is 276 g/mol. The lowest BCUT2D eigenvalue weighted by atomic mass is 9.94. The summed E-state index contributed by atoms with van der Waals surface area (Å²) in [6.45, 7) is -0.746. The molecule has 2 heterocycles. The monoisotopic (exact) mass is 290 g/mol. The highest BCUT2D eigenvalue weighted by molar-refractivity contribution is 5.90. The van der Waals surface area contributed by atoms with E-state index >= 15 is 0 Å². The van der Waals surface area contributed by atoms with Crippen molar-refractivity contribution >= 4 is 22.8 Å². The van der Waals surface area contributed by atoms with Crippen LogP contribution in [0.15, 0.2) is 24.3 Å². The summed E-state index contributed by atoms with van der Waals surface area (Å²) >= 11 is 0. The quantitative estimate of drug-likeness (QED) is 0.478. The zero-order chi connectivity index (χ0) is 15.0. The van der Waals surface area contributed by atoms with Crippen LogP contribution in [0.4, 0.5) is 0 Å². The van der Waals surface area contributed by atoms with E-state index in [9.17, 15) is 14.7 Å². The number of rotatable bonds is 3. The van der Waals surface area contributed by atoms with Gasteiger partial charge in [0.2, 0.25) is 0 Å². The van der Waals surface area contributed by atoms with Crippen LogP contribution < -0.4 is 5.32 Å². The zero-order valence-electron chi connectivity index (χ0n) is 11.0. The Kier molecular flexibility index (Phi) is 3.36. The SMILES string of the molecule is O=C(O)C1Cc2c([nH]c3ccccc23)C(C(=O)OCO)N1. The van der Waals surface area contributed by atoms with E-state index in [0.717, 1.165) is 16.5 Å². The third kappa shape index (κ3) is 2.26. The van der Waals surface area contributed by atoms with Gasteiger partial charge >= 0.3 is 11.9 Å². The van der Waals surface area contributed by atoms with Gasteiger partial charge in [0, 0.05) is 23.0 Å². The molecule has 0 aliphatic carbocycles. The van der Waals surface area contributed by atoms with Crippen LogP contribution in [-0.2, 0) is 20.7 Å². The summed E-state index contributed by atoms with van der Waals surface area (Å²) in [5, 5.41) is 21.6. The molecule has 0 amide bonds. The van der Waals surface area contributed by atoms with Gasteiger partial charge in [-0.1, -0.05) is 18.2 Å². The Morgan fingerprint density at radius 1 is 1.33 bits per heavy atom. The number of carbonyl (C=O) groups is 2. The number of carbonyl (C=O) groups excluding carboxylic acids is 1. The van der Waals surface area contributed by atoms with Crippen molar-refractivity contribution < 1.29 is 24.5 Å². The van der Waals surface area contributed by atoms with Gasteiger partial charge in [-0.3, -0.25) is 10.1 Å². The minimum atomic E-state index is -1.03. The van der Waals surface area contributed by atoms with E-state index < -0.39 is 30.8 Å². The largest absolute Gasteiger partial charge is 0.480 e. The second-order valence-electron chi connectivity index (χ2n) is 4.85. The number of aliphatic carboxylic acids is 1. The number of nitrogens with one attached hydrogen (secondary N) is 2.